The molecule has 1 saturated carbocycles. The van der Waals surface area contributed by atoms with E-state index in [2.05, 4.69) is 39.5 Å². The molecule has 5 rings (SSSR count). The van der Waals surface area contributed by atoms with Gasteiger partial charge in [-0.1, -0.05) is 44.9 Å². The maximum Gasteiger partial charge on any atom is 0.328 e. The van der Waals surface area contributed by atoms with Crippen molar-refractivity contribution in [2.75, 3.05) is 0 Å². The lowest BCUT2D eigenvalue weighted by Gasteiger charge is -2.43. The number of pyridine rings is 1. The predicted octanol–water partition coefficient (Wildman–Crippen LogP) is 4.46. The summed E-state index contributed by atoms with van der Waals surface area (Å²) in [6, 6.07) is 11.9. The number of nitrogens with one attached hydrogen (secondary N) is 1. The van der Waals surface area contributed by atoms with E-state index in [0.29, 0.717) is 18.3 Å². The normalized spacial score (nSPS) is 19.1. The fourth-order valence-electron chi connectivity index (χ4n) is 5.49. The van der Waals surface area contributed by atoms with Gasteiger partial charge < -0.3 is 0 Å². The summed E-state index contributed by atoms with van der Waals surface area (Å²) >= 11 is 0. The topological polar surface area (TPSA) is 111 Å². The van der Waals surface area contributed by atoms with Gasteiger partial charge in [0.2, 0.25) is 5.82 Å². The molecule has 0 radical (unpaired) electrons. The Kier molecular flexibility index (Phi) is 7.12. The first-order chi connectivity index (χ1) is 18.0. The van der Waals surface area contributed by atoms with Crippen LogP contribution in [0.25, 0.3) is 22.5 Å². The van der Waals surface area contributed by atoms with Gasteiger partial charge in [0.05, 0.1) is 18.3 Å². The van der Waals surface area contributed by atoms with Crippen LogP contribution in [0.1, 0.15) is 63.9 Å². The van der Waals surface area contributed by atoms with Gasteiger partial charge in [-0.15, -0.1) is 10.2 Å². The van der Waals surface area contributed by atoms with Gasteiger partial charge in [0.25, 0.3) is 0 Å². The molecule has 1 fully saturated rings. The SMILES string of the molecule is CCCCc1cn(C2C(CC)CC2C(C)=O)c(=O)n1Cc1cc(-c2cccc(-c3nn[nH]n3)c2)ccn1. The van der Waals surface area contributed by atoms with Crippen molar-refractivity contribution in [3.8, 4) is 22.5 Å². The van der Waals surface area contributed by atoms with Gasteiger partial charge in [-0.25, -0.2) is 4.79 Å². The first-order valence-corrected chi connectivity index (χ1v) is 13.1. The van der Waals surface area contributed by atoms with Crippen LogP contribution in [0.2, 0.25) is 0 Å². The Morgan fingerprint density at radius 2 is 1.95 bits per heavy atom. The van der Waals surface area contributed by atoms with Gasteiger partial charge >= 0.3 is 5.69 Å². The molecule has 192 valence electrons. The number of aromatic amines is 1. The number of rotatable bonds is 10. The van der Waals surface area contributed by atoms with Crippen molar-refractivity contribution in [1.29, 1.82) is 0 Å². The number of H-pyrrole nitrogens is 1. The smallest absolute Gasteiger partial charge is 0.300 e. The third-order valence-corrected chi connectivity index (χ3v) is 7.63. The van der Waals surface area contributed by atoms with Crippen LogP contribution in [0.15, 0.2) is 53.6 Å². The average molecular weight is 500 g/mol. The molecule has 0 amide bonds. The lowest BCUT2D eigenvalue weighted by molar-refractivity contribution is -0.128. The first-order valence-electron chi connectivity index (χ1n) is 13.1. The summed E-state index contributed by atoms with van der Waals surface area (Å²) in [7, 11) is 0. The molecule has 3 heterocycles. The van der Waals surface area contributed by atoms with E-state index in [4.69, 9.17) is 0 Å². The molecule has 1 N–H and O–H groups in total. The van der Waals surface area contributed by atoms with E-state index < -0.39 is 0 Å². The summed E-state index contributed by atoms with van der Waals surface area (Å²) < 4.78 is 3.69. The molecule has 9 nitrogen and oxygen atoms in total. The van der Waals surface area contributed by atoms with Crippen molar-refractivity contribution in [1.82, 2.24) is 34.7 Å². The molecular formula is C28H33N7O2. The Bertz CT molecular complexity index is 1440. The zero-order chi connectivity index (χ0) is 25.9. The highest BCUT2D eigenvalue weighted by Crippen LogP contribution is 2.46. The van der Waals surface area contributed by atoms with Crippen molar-refractivity contribution < 1.29 is 4.79 Å². The van der Waals surface area contributed by atoms with Crippen LogP contribution >= 0.6 is 0 Å². The quantitative estimate of drug-likeness (QED) is 0.345. The second-order valence-electron chi connectivity index (χ2n) is 9.96. The number of Topliss-reactive ketones (excluding diaryl/α,β-unsaturated/α-hetero) is 1. The van der Waals surface area contributed by atoms with Crippen molar-refractivity contribution in [3.63, 3.8) is 0 Å². The Balaban J connectivity index is 1.47. The van der Waals surface area contributed by atoms with Gasteiger partial charge in [0.15, 0.2) is 0 Å². The highest BCUT2D eigenvalue weighted by atomic mass is 16.2. The minimum atomic E-state index is -0.0783. The lowest BCUT2D eigenvalue weighted by atomic mass is 9.67. The van der Waals surface area contributed by atoms with Gasteiger partial charge in [-0.3, -0.25) is 18.9 Å². The number of tetrazole rings is 1. The first kappa shape index (κ1) is 24.8. The number of carbonyl (C=O) groups excluding carboxylic acids is 1. The molecule has 1 aliphatic carbocycles. The summed E-state index contributed by atoms with van der Waals surface area (Å²) in [4.78, 5) is 30.6. The maximum atomic E-state index is 13.7. The standard InChI is InChI=1S/C28H33N7O2/c1-4-6-10-24-17-35(26-19(5-2)15-25(26)18(3)36)28(37)34(24)16-23-14-21(11-12-29-23)20-8-7-9-22(13-20)27-30-32-33-31-27/h7-9,11-14,17,19,25-26H,4-6,10,15-16H2,1-3H3,(H,30,31,32,33). The van der Waals surface area contributed by atoms with Crippen LogP contribution in [-0.2, 0) is 17.8 Å². The van der Waals surface area contributed by atoms with E-state index in [1.165, 1.54) is 0 Å². The molecule has 0 bridgehead atoms. The van der Waals surface area contributed by atoms with Crippen molar-refractivity contribution in [2.24, 2.45) is 11.8 Å². The number of hydrogen-bond donors (Lipinski definition) is 1. The summed E-state index contributed by atoms with van der Waals surface area (Å²) in [5, 5.41) is 14.3. The van der Waals surface area contributed by atoms with Crippen LogP contribution in [0.3, 0.4) is 0 Å². The highest BCUT2D eigenvalue weighted by molar-refractivity contribution is 5.80. The van der Waals surface area contributed by atoms with E-state index >= 15 is 0 Å². The second kappa shape index (κ2) is 10.6. The van der Waals surface area contributed by atoms with E-state index in [0.717, 1.165) is 60.2 Å². The Morgan fingerprint density at radius 1 is 1.14 bits per heavy atom. The number of unbranched alkanes of at least 4 members (excludes halogenated alkanes) is 1. The number of aryl methyl sites for hydroxylation is 1. The Labute approximate surface area is 216 Å². The molecular weight excluding hydrogens is 466 g/mol. The number of hydrogen-bond acceptors (Lipinski definition) is 6. The summed E-state index contributed by atoms with van der Waals surface area (Å²) in [6.07, 6.45) is 8.47. The van der Waals surface area contributed by atoms with Crippen molar-refractivity contribution in [3.05, 3.63) is 70.7 Å². The van der Waals surface area contributed by atoms with E-state index in [1.54, 1.807) is 13.1 Å². The van der Waals surface area contributed by atoms with Crippen LogP contribution in [0.5, 0.6) is 0 Å². The zero-order valence-corrected chi connectivity index (χ0v) is 21.6. The zero-order valence-electron chi connectivity index (χ0n) is 21.6. The monoisotopic (exact) mass is 499 g/mol. The van der Waals surface area contributed by atoms with Crippen LogP contribution in [0.4, 0.5) is 0 Å². The largest absolute Gasteiger partial charge is 0.328 e. The van der Waals surface area contributed by atoms with E-state index in [-0.39, 0.29) is 23.4 Å². The average Bonchev–Trinajstić information content (AvgIpc) is 3.52. The number of nitrogens with zero attached hydrogens (tertiary/aromatic N) is 6. The van der Waals surface area contributed by atoms with E-state index in [9.17, 15) is 9.59 Å². The molecule has 0 spiro atoms. The summed E-state index contributed by atoms with van der Waals surface area (Å²) in [6.45, 7) is 6.32. The fraction of sp³-hybridized carbons (Fsp3) is 0.429. The second-order valence-corrected chi connectivity index (χ2v) is 9.96. The lowest BCUT2D eigenvalue weighted by Crippen LogP contribution is -2.45. The molecule has 1 aromatic carbocycles. The summed E-state index contributed by atoms with van der Waals surface area (Å²) in [5.41, 5.74) is 4.63. The highest BCUT2D eigenvalue weighted by Gasteiger charge is 2.44. The van der Waals surface area contributed by atoms with Crippen molar-refractivity contribution >= 4 is 5.78 Å². The predicted molar refractivity (Wildman–Crippen MR) is 141 cm³/mol. The number of aromatic nitrogens is 7. The number of carbonyl (C=O) groups is 1. The molecule has 9 heteroatoms. The third kappa shape index (κ3) is 4.90. The molecule has 3 atom stereocenters. The van der Waals surface area contributed by atoms with Gasteiger partial charge in [0.1, 0.15) is 5.78 Å². The van der Waals surface area contributed by atoms with E-state index in [1.807, 2.05) is 51.7 Å². The molecule has 4 aromatic rings. The molecule has 1 aliphatic rings. The minimum absolute atomic E-state index is 0.0492. The molecule has 3 unspecified atom stereocenters. The van der Waals surface area contributed by atoms with Gasteiger partial charge in [-0.05, 0) is 66.6 Å². The number of imidazole rings is 1. The van der Waals surface area contributed by atoms with Crippen LogP contribution in [-0.4, -0.2) is 40.5 Å². The van der Waals surface area contributed by atoms with Crippen LogP contribution < -0.4 is 5.69 Å². The maximum absolute atomic E-state index is 13.7. The van der Waals surface area contributed by atoms with Crippen molar-refractivity contribution in [2.45, 2.75) is 65.5 Å². The number of ketones is 1. The number of benzene rings is 1. The fourth-order valence-corrected chi connectivity index (χ4v) is 5.49. The molecule has 37 heavy (non-hydrogen) atoms. The summed E-state index contributed by atoms with van der Waals surface area (Å²) in [5.74, 6) is 0.983. The van der Waals surface area contributed by atoms with Gasteiger partial charge in [-0.2, -0.15) is 5.21 Å². The van der Waals surface area contributed by atoms with Gasteiger partial charge in [0, 0.05) is 29.6 Å². The Hall–Kier alpha value is -3.88. The molecule has 3 aromatic heterocycles. The molecule has 0 saturated heterocycles. The molecule has 0 aliphatic heterocycles. The third-order valence-electron chi connectivity index (χ3n) is 7.63. The Morgan fingerprint density at radius 3 is 2.68 bits per heavy atom. The van der Waals surface area contributed by atoms with Crippen LogP contribution in [0, 0.1) is 11.8 Å². The minimum Gasteiger partial charge on any atom is -0.300 e.